The molecule has 330 valence electrons. The van der Waals surface area contributed by atoms with E-state index in [1.54, 1.807) is 34.6 Å². The molecular weight excluding hydrogens is 763 g/mol. The first-order valence-corrected chi connectivity index (χ1v) is 21.3. The summed E-state index contributed by atoms with van der Waals surface area (Å²) in [6, 6.07) is 8.81. The topological polar surface area (TPSA) is 165 Å². The van der Waals surface area contributed by atoms with E-state index in [0.29, 0.717) is 38.9 Å². The quantitative estimate of drug-likeness (QED) is 0.147. The first-order valence-electron chi connectivity index (χ1n) is 21.3. The first-order chi connectivity index (χ1) is 27.8. The molecule has 1 amide bonds. The number of hydrazine groups is 1. The van der Waals surface area contributed by atoms with Crippen LogP contribution in [0.4, 0.5) is 9.18 Å². The molecule has 1 unspecified atom stereocenters. The van der Waals surface area contributed by atoms with E-state index >= 15 is 4.39 Å². The maximum absolute atomic E-state index is 16.9. The Morgan fingerprint density at radius 3 is 2.32 bits per heavy atom. The van der Waals surface area contributed by atoms with Crippen LogP contribution in [0.25, 0.3) is 5.57 Å². The summed E-state index contributed by atoms with van der Waals surface area (Å²) in [7, 11) is 1.41. The minimum atomic E-state index is -3.17. The number of cyclic esters (lactones) is 1. The van der Waals surface area contributed by atoms with Gasteiger partial charge < -0.3 is 44.0 Å². The molecule has 4 aliphatic heterocycles. The van der Waals surface area contributed by atoms with E-state index in [0.717, 1.165) is 12.5 Å². The lowest BCUT2D eigenvalue weighted by molar-refractivity contribution is -0.290. The average molecular weight is 831 g/mol. The van der Waals surface area contributed by atoms with Gasteiger partial charge in [0.05, 0.1) is 23.9 Å². The number of Topliss-reactive ketones (excluding diaryl/α,β-unsaturated/α-hetero) is 2. The van der Waals surface area contributed by atoms with Gasteiger partial charge in [0, 0.05) is 56.7 Å². The Hall–Kier alpha value is -3.47. The molecule has 4 heterocycles. The molecule has 15 heteroatoms. The molecule has 13 atom stereocenters. The van der Waals surface area contributed by atoms with Crippen LogP contribution in [0.3, 0.4) is 0 Å². The molecule has 1 aromatic carbocycles. The number of hydrogen-bond donors (Lipinski definition) is 3. The minimum Gasteiger partial charge on any atom is -0.455 e. The summed E-state index contributed by atoms with van der Waals surface area (Å²) >= 11 is 0. The van der Waals surface area contributed by atoms with Crippen LogP contribution < -0.4 is 10.7 Å². The average Bonchev–Trinajstić information content (AvgIpc) is 3.79. The monoisotopic (exact) mass is 830 g/mol. The lowest BCUT2D eigenvalue weighted by Crippen LogP contribution is -2.62. The van der Waals surface area contributed by atoms with E-state index in [2.05, 4.69) is 29.1 Å². The van der Waals surface area contributed by atoms with Crippen molar-refractivity contribution in [1.29, 1.82) is 0 Å². The zero-order chi connectivity index (χ0) is 43.4. The Labute approximate surface area is 348 Å². The Morgan fingerprint density at radius 1 is 1.00 bits per heavy atom. The van der Waals surface area contributed by atoms with Crippen LogP contribution in [0.5, 0.6) is 0 Å². The smallest absolute Gasteiger partial charge is 0.410 e. The van der Waals surface area contributed by atoms with Crippen molar-refractivity contribution in [2.24, 2.45) is 17.8 Å². The third-order valence-electron chi connectivity index (χ3n) is 13.0. The molecule has 3 N–H and O–H groups in total. The van der Waals surface area contributed by atoms with Crippen molar-refractivity contribution in [3.05, 3.63) is 42.1 Å². The van der Waals surface area contributed by atoms with Crippen LogP contribution in [0.1, 0.15) is 100.0 Å². The molecule has 0 saturated carbocycles. The van der Waals surface area contributed by atoms with E-state index < -0.39 is 89.2 Å². The molecule has 1 aromatic rings. The number of fused-ring (bicyclic) bond motifs is 1. The highest BCUT2D eigenvalue weighted by Crippen LogP contribution is 2.43. The Balaban J connectivity index is 1.44. The molecular formula is C44H67FN4O10. The molecule has 0 spiro atoms. The van der Waals surface area contributed by atoms with Gasteiger partial charge in [-0.25, -0.2) is 19.4 Å². The van der Waals surface area contributed by atoms with Crippen LogP contribution in [-0.2, 0) is 38.1 Å². The van der Waals surface area contributed by atoms with Crippen molar-refractivity contribution in [2.75, 3.05) is 33.3 Å². The largest absolute Gasteiger partial charge is 0.455 e. The number of nitrogens with one attached hydrogen (secondary N) is 2. The van der Waals surface area contributed by atoms with Crippen molar-refractivity contribution in [2.45, 2.75) is 154 Å². The number of rotatable bonds is 12. The molecule has 5 rings (SSSR count). The van der Waals surface area contributed by atoms with Gasteiger partial charge in [-0.3, -0.25) is 9.59 Å². The van der Waals surface area contributed by atoms with Crippen molar-refractivity contribution in [1.82, 2.24) is 20.7 Å². The molecule has 3 saturated heterocycles. The van der Waals surface area contributed by atoms with Gasteiger partial charge in [0.2, 0.25) is 0 Å². The zero-order valence-electron chi connectivity index (χ0n) is 36.5. The maximum Gasteiger partial charge on any atom is 0.410 e. The van der Waals surface area contributed by atoms with Crippen LogP contribution in [-0.4, -0.2) is 132 Å². The lowest BCUT2D eigenvalue weighted by Gasteiger charge is -2.46. The third kappa shape index (κ3) is 9.70. The van der Waals surface area contributed by atoms with Crippen molar-refractivity contribution in [3.63, 3.8) is 0 Å². The van der Waals surface area contributed by atoms with Gasteiger partial charge in [-0.05, 0) is 77.5 Å². The number of halogens is 1. The van der Waals surface area contributed by atoms with Gasteiger partial charge in [-0.1, -0.05) is 65.0 Å². The van der Waals surface area contributed by atoms with Gasteiger partial charge in [0.15, 0.2) is 17.7 Å². The highest BCUT2D eigenvalue weighted by Gasteiger charge is 2.61. The second-order valence-corrected chi connectivity index (χ2v) is 17.5. The summed E-state index contributed by atoms with van der Waals surface area (Å²) in [6.07, 6.45) is -1.97. The molecule has 0 bridgehead atoms. The highest BCUT2D eigenvalue weighted by molar-refractivity contribution is 6.08. The summed E-state index contributed by atoms with van der Waals surface area (Å²) in [5.74, 6) is -5.72. The van der Waals surface area contributed by atoms with Gasteiger partial charge in [-0.15, -0.1) is 0 Å². The van der Waals surface area contributed by atoms with E-state index in [1.807, 2.05) is 37.1 Å². The second kappa shape index (κ2) is 19.1. The van der Waals surface area contributed by atoms with Crippen LogP contribution in [0.15, 0.2) is 36.5 Å². The summed E-state index contributed by atoms with van der Waals surface area (Å²) in [6.45, 7) is 16.7. The molecule has 0 aromatic heterocycles. The lowest BCUT2D eigenvalue weighted by atomic mass is 9.73. The summed E-state index contributed by atoms with van der Waals surface area (Å²) in [5, 5.41) is 16.6. The molecule has 3 fully saturated rings. The predicted molar refractivity (Wildman–Crippen MR) is 218 cm³/mol. The number of ether oxygens (including phenoxy) is 5. The molecule has 0 radical (unpaired) electrons. The van der Waals surface area contributed by atoms with Crippen molar-refractivity contribution < 1.29 is 52.4 Å². The van der Waals surface area contributed by atoms with Crippen molar-refractivity contribution in [3.8, 4) is 0 Å². The molecule has 0 aliphatic carbocycles. The van der Waals surface area contributed by atoms with E-state index in [1.165, 1.54) is 24.5 Å². The number of aliphatic hydroxyl groups excluding tert-OH is 1. The number of hydrogen-bond acceptors (Lipinski definition) is 13. The molecule has 14 nitrogen and oxygen atoms in total. The fourth-order valence-electron chi connectivity index (χ4n) is 9.69. The van der Waals surface area contributed by atoms with Gasteiger partial charge in [-0.2, -0.15) is 0 Å². The zero-order valence-corrected chi connectivity index (χ0v) is 36.5. The van der Waals surface area contributed by atoms with E-state index in [-0.39, 0.29) is 31.3 Å². The van der Waals surface area contributed by atoms with Crippen LogP contribution in [0, 0.1) is 17.8 Å². The summed E-state index contributed by atoms with van der Waals surface area (Å²) in [4.78, 5) is 58.3. The number of esters is 1. The highest BCUT2D eigenvalue weighted by atomic mass is 19.1. The third-order valence-corrected chi connectivity index (χ3v) is 13.0. The van der Waals surface area contributed by atoms with E-state index in [4.69, 9.17) is 23.7 Å². The summed E-state index contributed by atoms with van der Waals surface area (Å²) in [5.41, 5.74) is -0.490. The predicted octanol–water partition coefficient (Wildman–Crippen LogP) is 4.97. The fraction of sp³-hybridized carbons (Fsp3) is 0.727. The number of methoxy groups -OCH3 is 1. The van der Waals surface area contributed by atoms with Gasteiger partial charge in [0.25, 0.3) is 5.67 Å². The maximum atomic E-state index is 16.9. The Bertz CT molecular complexity index is 1680. The SMILES string of the molecule is CCN[C@H]1C[C@@H](C)O[C@@H](O[C@@H]2[C@H](C)C(=O)[C@](C)(F)C(=O)O[C@H](CC)[C@@]3(C)OC(=O)N(CCCCN4C=C(c5ccccc5)CN4)C3[C@@H](C)C(=O)[C@H](C)C[C@@]2(C)OC)[C@H]1O. The number of unbranched alkanes of at least 4 members (excludes halogenated alkanes) is 1. The fourth-order valence-corrected chi connectivity index (χ4v) is 9.69. The Kier molecular flexibility index (Phi) is 15.1. The van der Waals surface area contributed by atoms with Gasteiger partial charge in [0.1, 0.15) is 18.0 Å². The number of ketones is 2. The van der Waals surface area contributed by atoms with Gasteiger partial charge >= 0.3 is 12.1 Å². The summed E-state index contributed by atoms with van der Waals surface area (Å²) < 4.78 is 47.5. The standard InChI is InChI=1S/C44H67FN4O10/c1-11-33-44(9)36(49(41(54)59-44)21-17-16-20-48-25-31(24-47-48)30-18-14-13-15-19-30)28(5)34(50)26(3)23-42(7,55-10)38(29(6)37(52)43(8,45)40(53)57-33)58-39-35(51)32(46-12-2)22-27(4)56-39/h13-15,18-19,25-29,32-33,35-36,38-39,46-47,51H,11-12,16-17,20-24H2,1-10H3/t26-,27-,28+,29-,32+,33-,35+,36?,38-,39+,42-,43+,44-/m1/s1. The number of likely N-dealkylation sites (N-methyl/N-ethyl adjacent to an activating group) is 1. The number of carbonyl (C=O) groups is 4. The van der Waals surface area contributed by atoms with Crippen molar-refractivity contribution >= 4 is 29.2 Å². The number of amides is 1. The molecule has 59 heavy (non-hydrogen) atoms. The Morgan fingerprint density at radius 2 is 1.68 bits per heavy atom. The second-order valence-electron chi connectivity index (χ2n) is 17.5. The minimum absolute atomic E-state index is 0.00812. The number of alkyl halides is 1. The number of nitrogens with zero attached hydrogens (tertiary/aromatic N) is 2. The van der Waals surface area contributed by atoms with E-state index in [9.17, 15) is 24.3 Å². The number of benzene rings is 1. The number of aliphatic hydroxyl groups is 1. The van der Waals surface area contributed by atoms with Crippen LogP contribution in [0.2, 0.25) is 0 Å². The number of carbonyl (C=O) groups excluding carboxylic acids is 4. The first kappa shape index (κ1) is 46.6. The normalized spacial score (nSPS) is 38.7. The van der Waals surface area contributed by atoms with Crippen LogP contribution >= 0.6 is 0 Å². The molecule has 4 aliphatic rings.